The van der Waals surface area contributed by atoms with Gasteiger partial charge < -0.3 is 15.1 Å². The van der Waals surface area contributed by atoms with Gasteiger partial charge in [0.25, 0.3) is 0 Å². The van der Waals surface area contributed by atoms with E-state index in [2.05, 4.69) is 17.1 Å². The molecule has 0 saturated carbocycles. The third-order valence-corrected chi connectivity index (χ3v) is 4.85. The number of nitrogens with zero attached hydrogens (tertiary/aromatic N) is 2. The third kappa shape index (κ3) is 3.39. The third-order valence-electron chi connectivity index (χ3n) is 4.85. The Balaban J connectivity index is 2.09. The quantitative estimate of drug-likeness (QED) is 0.826. The van der Waals surface area contributed by atoms with Crippen LogP contribution in [0.2, 0.25) is 0 Å². The van der Waals surface area contributed by atoms with Crippen molar-refractivity contribution in [3.05, 3.63) is 0 Å². The predicted octanol–water partition coefficient (Wildman–Crippen LogP) is 1.09. The fraction of sp³-hybridized carbons (Fsp3) is 0.875. The van der Waals surface area contributed by atoms with Crippen molar-refractivity contribution in [2.24, 2.45) is 11.8 Å². The molecule has 21 heavy (non-hydrogen) atoms. The topological polar surface area (TPSA) is 52.7 Å². The van der Waals surface area contributed by atoms with Crippen molar-refractivity contribution in [3.63, 3.8) is 0 Å². The maximum Gasteiger partial charge on any atom is 0.246 e. The lowest BCUT2D eigenvalue weighted by molar-refractivity contribution is -0.151. The van der Waals surface area contributed by atoms with Gasteiger partial charge in [-0.2, -0.15) is 0 Å². The van der Waals surface area contributed by atoms with Gasteiger partial charge in [0.05, 0.1) is 0 Å². The monoisotopic (exact) mass is 295 g/mol. The number of rotatable bonds is 5. The van der Waals surface area contributed by atoms with E-state index in [9.17, 15) is 9.59 Å². The van der Waals surface area contributed by atoms with Gasteiger partial charge in [-0.15, -0.1) is 0 Å². The number of hydrogen-bond donors (Lipinski definition) is 1. The van der Waals surface area contributed by atoms with Crippen LogP contribution in [0, 0.1) is 11.8 Å². The first-order valence-electron chi connectivity index (χ1n) is 8.31. The molecule has 2 heterocycles. The van der Waals surface area contributed by atoms with E-state index in [-0.39, 0.29) is 29.8 Å². The van der Waals surface area contributed by atoms with E-state index in [0.29, 0.717) is 12.3 Å². The Morgan fingerprint density at radius 3 is 2.52 bits per heavy atom. The van der Waals surface area contributed by atoms with Gasteiger partial charge in [-0.1, -0.05) is 27.7 Å². The standard InChI is InChI=1S/C16H29N3O2/c1-5-13-15(20)17-14(11(3)4)16(21)19(13)10-12-7-8-18(6-2)9-12/h11-14H,5-10H2,1-4H3,(H,17,20). The summed E-state index contributed by atoms with van der Waals surface area (Å²) in [5, 5.41) is 2.90. The summed E-state index contributed by atoms with van der Waals surface area (Å²) in [5.74, 6) is 0.756. The second kappa shape index (κ2) is 6.77. The van der Waals surface area contributed by atoms with Gasteiger partial charge in [-0.3, -0.25) is 9.59 Å². The second-order valence-electron chi connectivity index (χ2n) is 6.69. The van der Waals surface area contributed by atoms with E-state index in [1.807, 2.05) is 25.7 Å². The maximum atomic E-state index is 12.7. The Labute approximate surface area is 128 Å². The SMILES string of the molecule is CCC1C(=O)NC(C(C)C)C(=O)N1CC1CCN(CC)C1. The van der Waals surface area contributed by atoms with Crippen LogP contribution in [0.25, 0.3) is 0 Å². The van der Waals surface area contributed by atoms with Crippen molar-refractivity contribution in [1.82, 2.24) is 15.1 Å². The first-order chi connectivity index (χ1) is 9.97. The van der Waals surface area contributed by atoms with Crippen molar-refractivity contribution < 1.29 is 9.59 Å². The van der Waals surface area contributed by atoms with E-state index in [4.69, 9.17) is 0 Å². The van der Waals surface area contributed by atoms with Crippen molar-refractivity contribution in [2.45, 2.75) is 52.6 Å². The second-order valence-corrected chi connectivity index (χ2v) is 6.69. The number of nitrogens with one attached hydrogen (secondary N) is 1. The number of hydrogen-bond acceptors (Lipinski definition) is 3. The van der Waals surface area contributed by atoms with Crippen LogP contribution in [0.1, 0.15) is 40.5 Å². The zero-order chi connectivity index (χ0) is 15.6. The summed E-state index contributed by atoms with van der Waals surface area (Å²) in [6.07, 6.45) is 1.81. The molecule has 5 heteroatoms. The van der Waals surface area contributed by atoms with E-state index in [1.54, 1.807) is 0 Å². The number of carbonyl (C=O) groups is 2. The molecule has 0 aromatic heterocycles. The van der Waals surface area contributed by atoms with Crippen molar-refractivity contribution in [1.29, 1.82) is 0 Å². The van der Waals surface area contributed by atoms with Crippen LogP contribution in [0.3, 0.4) is 0 Å². The highest BCUT2D eigenvalue weighted by Gasteiger charge is 2.41. The highest BCUT2D eigenvalue weighted by Crippen LogP contribution is 2.23. The van der Waals surface area contributed by atoms with Gasteiger partial charge in [0.1, 0.15) is 12.1 Å². The highest BCUT2D eigenvalue weighted by molar-refractivity contribution is 5.97. The zero-order valence-corrected chi connectivity index (χ0v) is 13.8. The van der Waals surface area contributed by atoms with Crippen molar-refractivity contribution in [3.8, 4) is 0 Å². The fourth-order valence-corrected chi connectivity index (χ4v) is 3.49. The highest BCUT2D eigenvalue weighted by atomic mass is 16.2. The Bertz CT molecular complexity index is 397. The molecule has 2 rings (SSSR count). The van der Waals surface area contributed by atoms with Crippen LogP contribution in [-0.4, -0.2) is 59.9 Å². The van der Waals surface area contributed by atoms with E-state index < -0.39 is 0 Å². The minimum absolute atomic E-state index is 0.0149. The fourth-order valence-electron chi connectivity index (χ4n) is 3.49. The van der Waals surface area contributed by atoms with E-state index >= 15 is 0 Å². The van der Waals surface area contributed by atoms with E-state index in [0.717, 1.165) is 32.6 Å². The lowest BCUT2D eigenvalue weighted by Gasteiger charge is -2.41. The molecule has 0 radical (unpaired) electrons. The molecule has 2 aliphatic heterocycles. The summed E-state index contributed by atoms with van der Waals surface area (Å²) in [6, 6.07) is -0.646. The largest absolute Gasteiger partial charge is 0.342 e. The molecular weight excluding hydrogens is 266 g/mol. The average Bonchev–Trinajstić information content (AvgIpc) is 2.90. The van der Waals surface area contributed by atoms with Crippen LogP contribution in [-0.2, 0) is 9.59 Å². The predicted molar refractivity (Wildman–Crippen MR) is 82.8 cm³/mol. The van der Waals surface area contributed by atoms with Gasteiger partial charge in [0.15, 0.2) is 0 Å². The maximum absolute atomic E-state index is 12.7. The Hall–Kier alpha value is -1.10. The van der Waals surface area contributed by atoms with Gasteiger partial charge in [0, 0.05) is 13.1 Å². The van der Waals surface area contributed by atoms with E-state index in [1.165, 1.54) is 0 Å². The summed E-state index contributed by atoms with van der Waals surface area (Å²) in [6.45, 7) is 12.1. The van der Waals surface area contributed by atoms with Gasteiger partial charge >= 0.3 is 0 Å². The number of likely N-dealkylation sites (tertiary alicyclic amines) is 1. The minimum Gasteiger partial charge on any atom is -0.342 e. The summed E-state index contributed by atoms with van der Waals surface area (Å²) >= 11 is 0. The Morgan fingerprint density at radius 1 is 1.29 bits per heavy atom. The van der Waals surface area contributed by atoms with Crippen molar-refractivity contribution >= 4 is 11.8 Å². The molecule has 2 saturated heterocycles. The molecule has 0 aromatic carbocycles. The minimum atomic E-state index is -0.357. The van der Waals surface area contributed by atoms with Gasteiger partial charge in [0.2, 0.25) is 11.8 Å². The van der Waals surface area contributed by atoms with Gasteiger partial charge in [-0.05, 0) is 37.8 Å². The summed E-state index contributed by atoms with van der Waals surface area (Å²) in [4.78, 5) is 29.3. The number of piperazine rings is 1. The van der Waals surface area contributed by atoms with Crippen LogP contribution in [0.15, 0.2) is 0 Å². The Morgan fingerprint density at radius 2 is 2.00 bits per heavy atom. The van der Waals surface area contributed by atoms with Crippen molar-refractivity contribution in [2.75, 3.05) is 26.2 Å². The molecule has 2 aliphatic rings. The van der Waals surface area contributed by atoms with Crippen LogP contribution in [0.5, 0.6) is 0 Å². The van der Waals surface area contributed by atoms with Crippen LogP contribution < -0.4 is 5.32 Å². The lowest BCUT2D eigenvalue weighted by Crippen LogP contribution is -2.65. The summed E-state index contributed by atoms with van der Waals surface area (Å²) < 4.78 is 0. The molecule has 2 amide bonds. The number of carbonyl (C=O) groups excluding carboxylic acids is 2. The first-order valence-corrected chi connectivity index (χ1v) is 8.31. The average molecular weight is 295 g/mol. The molecule has 0 bridgehead atoms. The summed E-state index contributed by atoms with van der Waals surface area (Å²) in [7, 11) is 0. The molecule has 5 nitrogen and oxygen atoms in total. The lowest BCUT2D eigenvalue weighted by atomic mass is 9.95. The molecule has 0 aromatic rings. The molecule has 2 fully saturated rings. The van der Waals surface area contributed by atoms with Crippen LogP contribution in [0.4, 0.5) is 0 Å². The normalized spacial score (nSPS) is 31.1. The molecule has 120 valence electrons. The zero-order valence-electron chi connectivity index (χ0n) is 13.8. The van der Waals surface area contributed by atoms with Gasteiger partial charge in [-0.25, -0.2) is 0 Å². The van der Waals surface area contributed by atoms with Crippen LogP contribution >= 0.6 is 0 Å². The molecule has 3 atom stereocenters. The first kappa shape index (κ1) is 16.3. The molecule has 3 unspecified atom stereocenters. The molecular formula is C16H29N3O2. The molecule has 0 spiro atoms. The molecule has 0 aliphatic carbocycles. The Kier molecular flexibility index (Phi) is 5.25. The molecule has 1 N–H and O–H groups in total. The smallest absolute Gasteiger partial charge is 0.246 e. The number of amides is 2. The summed E-state index contributed by atoms with van der Waals surface area (Å²) in [5.41, 5.74) is 0.